The molecule has 1 aromatic rings. The molecule has 0 saturated carbocycles. The molecule has 1 rings (SSSR count). The quantitative estimate of drug-likeness (QED) is 0.758. The van der Waals surface area contributed by atoms with Crippen molar-refractivity contribution >= 4 is 5.97 Å². The van der Waals surface area contributed by atoms with Gasteiger partial charge in [0.2, 0.25) is 0 Å². The average molecular weight is 305 g/mol. The summed E-state index contributed by atoms with van der Waals surface area (Å²) in [6.45, 7) is 2.16. The first-order valence-corrected chi connectivity index (χ1v) is 6.53. The number of hydrogen-bond acceptors (Lipinski definition) is 4. The molecule has 0 aliphatic rings. The predicted octanol–water partition coefficient (Wildman–Crippen LogP) is 2.11. The van der Waals surface area contributed by atoms with E-state index in [-0.39, 0.29) is 26.1 Å². The second kappa shape index (κ2) is 7.99. The fourth-order valence-corrected chi connectivity index (χ4v) is 1.73. The lowest BCUT2D eigenvalue weighted by Crippen LogP contribution is -2.29. The van der Waals surface area contributed by atoms with Crippen molar-refractivity contribution in [3.63, 3.8) is 0 Å². The lowest BCUT2D eigenvalue weighted by molar-refractivity contribution is -0.145. The SMILES string of the molecule is CCOC(=O)CC(O)CNCc1cccc(C(F)(F)F)c1. The monoisotopic (exact) mass is 305 g/mol. The van der Waals surface area contributed by atoms with Crippen molar-refractivity contribution < 1.29 is 27.8 Å². The first-order valence-electron chi connectivity index (χ1n) is 6.53. The van der Waals surface area contributed by atoms with Crippen LogP contribution in [-0.2, 0) is 22.3 Å². The van der Waals surface area contributed by atoms with E-state index < -0.39 is 23.8 Å². The van der Waals surface area contributed by atoms with Crippen molar-refractivity contribution in [2.24, 2.45) is 0 Å². The molecule has 21 heavy (non-hydrogen) atoms. The molecule has 4 nitrogen and oxygen atoms in total. The Balaban J connectivity index is 2.40. The molecule has 0 bridgehead atoms. The van der Waals surface area contributed by atoms with Crippen LogP contribution < -0.4 is 5.32 Å². The van der Waals surface area contributed by atoms with Gasteiger partial charge in [0.25, 0.3) is 0 Å². The minimum atomic E-state index is -4.38. The van der Waals surface area contributed by atoms with Gasteiger partial charge in [0.05, 0.1) is 24.7 Å². The number of hydrogen-bond donors (Lipinski definition) is 2. The van der Waals surface area contributed by atoms with Crippen LogP contribution in [0.25, 0.3) is 0 Å². The molecule has 1 atom stereocenters. The van der Waals surface area contributed by atoms with E-state index in [9.17, 15) is 23.1 Å². The summed E-state index contributed by atoms with van der Waals surface area (Å²) in [4.78, 5) is 11.1. The van der Waals surface area contributed by atoms with Crippen LogP contribution in [0.2, 0.25) is 0 Å². The molecule has 0 amide bonds. The maximum atomic E-state index is 12.5. The summed E-state index contributed by atoms with van der Waals surface area (Å²) in [6, 6.07) is 4.93. The first-order chi connectivity index (χ1) is 9.82. The van der Waals surface area contributed by atoms with Crippen molar-refractivity contribution in [3.8, 4) is 0 Å². The Morgan fingerprint density at radius 2 is 2.14 bits per heavy atom. The van der Waals surface area contributed by atoms with Crippen molar-refractivity contribution in [3.05, 3.63) is 35.4 Å². The lowest BCUT2D eigenvalue weighted by atomic mass is 10.1. The highest BCUT2D eigenvalue weighted by Gasteiger charge is 2.30. The number of halogens is 3. The van der Waals surface area contributed by atoms with Crippen LogP contribution in [0, 0.1) is 0 Å². The highest BCUT2D eigenvalue weighted by molar-refractivity contribution is 5.69. The molecule has 0 radical (unpaired) electrons. The van der Waals surface area contributed by atoms with Gasteiger partial charge in [-0.2, -0.15) is 13.2 Å². The van der Waals surface area contributed by atoms with Crippen LogP contribution >= 0.6 is 0 Å². The van der Waals surface area contributed by atoms with Crippen LogP contribution in [0.4, 0.5) is 13.2 Å². The smallest absolute Gasteiger partial charge is 0.416 e. The van der Waals surface area contributed by atoms with Crippen molar-refractivity contribution in [1.82, 2.24) is 5.32 Å². The summed E-state index contributed by atoms with van der Waals surface area (Å²) in [5.74, 6) is -0.508. The summed E-state index contributed by atoms with van der Waals surface area (Å²) < 4.78 is 42.2. The van der Waals surface area contributed by atoms with Crippen LogP contribution in [-0.4, -0.2) is 30.3 Å². The summed E-state index contributed by atoms with van der Waals surface area (Å²) >= 11 is 0. The zero-order valence-corrected chi connectivity index (χ0v) is 11.6. The molecule has 0 aliphatic carbocycles. The van der Waals surface area contributed by atoms with Crippen LogP contribution in [0.1, 0.15) is 24.5 Å². The Morgan fingerprint density at radius 1 is 1.43 bits per heavy atom. The molecule has 0 saturated heterocycles. The second-order valence-electron chi connectivity index (χ2n) is 4.49. The van der Waals surface area contributed by atoms with Gasteiger partial charge in [-0.1, -0.05) is 18.2 Å². The van der Waals surface area contributed by atoms with E-state index in [1.807, 2.05) is 0 Å². The standard InChI is InChI=1S/C14H18F3NO3/c1-2-21-13(20)7-12(19)9-18-8-10-4-3-5-11(6-10)14(15,16)17/h3-6,12,18-19H,2,7-9H2,1H3. The van der Waals surface area contributed by atoms with Crippen molar-refractivity contribution in [1.29, 1.82) is 0 Å². The molecule has 7 heteroatoms. The maximum Gasteiger partial charge on any atom is 0.416 e. The van der Waals surface area contributed by atoms with Gasteiger partial charge < -0.3 is 15.2 Å². The van der Waals surface area contributed by atoms with Crippen LogP contribution in [0.3, 0.4) is 0 Å². The van der Waals surface area contributed by atoms with E-state index in [2.05, 4.69) is 10.1 Å². The number of carbonyl (C=O) groups excluding carboxylic acids is 1. The average Bonchev–Trinajstić information content (AvgIpc) is 2.38. The van der Waals surface area contributed by atoms with E-state index in [1.165, 1.54) is 6.07 Å². The number of aliphatic hydroxyl groups excluding tert-OH is 1. The number of nitrogens with one attached hydrogen (secondary N) is 1. The molecule has 0 fully saturated rings. The number of ether oxygens (including phenoxy) is 1. The number of aliphatic hydroxyl groups is 1. The molecule has 118 valence electrons. The van der Waals surface area contributed by atoms with Crippen LogP contribution in [0.5, 0.6) is 0 Å². The molecule has 0 spiro atoms. The second-order valence-corrected chi connectivity index (χ2v) is 4.49. The third kappa shape index (κ3) is 6.59. The summed E-state index contributed by atoms with van der Waals surface area (Å²) in [7, 11) is 0. The number of rotatable bonds is 7. The Hall–Kier alpha value is -1.60. The Bertz CT molecular complexity index is 463. The van der Waals surface area contributed by atoms with E-state index in [0.29, 0.717) is 5.56 Å². The van der Waals surface area contributed by atoms with Gasteiger partial charge >= 0.3 is 12.1 Å². The number of benzene rings is 1. The third-order valence-electron chi connectivity index (χ3n) is 2.67. The largest absolute Gasteiger partial charge is 0.466 e. The summed E-state index contributed by atoms with van der Waals surface area (Å²) in [5, 5.41) is 12.4. The van der Waals surface area contributed by atoms with Crippen LogP contribution in [0.15, 0.2) is 24.3 Å². The molecule has 1 aromatic carbocycles. The van der Waals surface area contributed by atoms with Gasteiger partial charge in [-0.3, -0.25) is 4.79 Å². The minimum absolute atomic E-state index is 0.0923. The fraction of sp³-hybridized carbons (Fsp3) is 0.500. The Kier molecular flexibility index (Phi) is 6.64. The molecular formula is C14H18F3NO3. The maximum absolute atomic E-state index is 12.5. The summed E-state index contributed by atoms with van der Waals surface area (Å²) in [5.41, 5.74) is -0.262. The fourth-order valence-electron chi connectivity index (χ4n) is 1.73. The topological polar surface area (TPSA) is 58.6 Å². The van der Waals surface area contributed by atoms with E-state index >= 15 is 0 Å². The van der Waals surface area contributed by atoms with Crippen molar-refractivity contribution in [2.75, 3.05) is 13.2 Å². The minimum Gasteiger partial charge on any atom is -0.466 e. The van der Waals surface area contributed by atoms with E-state index in [4.69, 9.17) is 0 Å². The Morgan fingerprint density at radius 3 is 2.76 bits per heavy atom. The van der Waals surface area contributed by atoms with E-state index in [1.54, 1.807) is 13.0 Å². The summed E-state index contributed by atoms with van der Waals surface area (Å²) in [6.07, 6.45) is -5.46. The molecule has 0 aromatic heterocycles. The zero-order chi connectivity index (χ0) is 15.9. The molecular weight excluding hydrogens is 287 g/mol. The van der Waals surface area contributed by atoms with Gasteiger partial charge in [-0.05, 0) is 18.6 Å². The predicted molar refractivity (Wildman–Crippen MR) is 70.4 cm³/mol. The third-order valence-corrected chi connectivity index (χ3v) is 2.67. The molecule has 0 heterocycles. The van der Waals surface area contributed by atoms with Gasteiger partial charge in [0, 0.05) is 13.1 Å². The number of esters is 1. The number of carbonyl (C=O) groups is 1. The van der Waals surface area contributed by atoms with E-state index in [0.717, 1.165) is 12.1 Å². The molecule has 2 N–H and O–H groups in total. The van der Waals surface area contributed by atoms with Gasteiger partial charge in [0.15, 0.2) is 0 Å². The highest BCUT2D eigenvalue weighted by atomic mass is 19.4. The van der Waals surface area contributed by atoms with Gasteiger partial charge in [-0.15, -0.1) is 0 Å². The lowest BCUT2D eigenvalue weighted by Gasteiger charge is -2.12. The first kappa shape index (κ1) is 17.5. The van der Waals surface area contributed by atoms with Crippen molar-refractivity contribution in [2.45, 2.75) is 32.2 Å². The van der Waals surface area contributed by atoms with Gasteiger partial charge in [-0.25, -0.2) is 0 Å². The molecule has 1 unspecified atom stereocenters. The van der Waals surface area contributed by atoms with Gasteiger partial charge in [0.1, 0.15) is 0 Å². The normalized spacial score (nSPS) is 13.0. The Labute approximate surface area is 120 Å². The number of alkyl halides is 3. The highest BCUT2D eigenvalue weighted by Crippen LogP contribution is 2.29. The zero-order valence-electron chi connectivity index (χ0n) is 11.6. The molecule has 0 aliphatic heterocycles.